The molecule has 0 atom stereocenters. The molecule has 0 aliphatic rings. The van der Waals surface area contributed by atoms with Crippen LogP contribution in [0.15, 0.2) is 51.7 Å². The van der Waals surface area contributed by atoms with Crippen LogP contribution in [0.25, 0.3) is 11.1 Å². The highest BCUT2D eigenvalue weighted by Crippen LogP contribution is 2.29. The number of alkyl halides is 3. The molecule has 0 saturated carbocycles. The molecule has 2 aromatic carbocycles. The van der Waals surface area contributed by atoms with Gasteiger partial charge in [0.2, 0.25) is 0 Å². The topological polar surface area (TPSA) is 75.1 Å². The van der Waals surface area contributed by atoms with E-state index in [0.29, 0.717) is 16.8 Å². The largest absolute Gasteiger partial charge is 0.417 e. The maximum absolute atomic E-state index is 12.7. The third-order valence-corrected chi connectivity index (χ3v) is 3.13. The van der Waals surface area contributed by atoms with E-state index in [1.165, 1.54) is 24.3 Å². The van der Waals surface area contributed by atoms with Crippen molar-refractivity contribution in [3.8, 4) is 0 Å². The molecule has 1 amide bonds. The zero-order chi connectivity index (χ0) is 16.6. The summed E-state index contributed by atoms with van der Waals surface area (Å²) in [5, 5.41) is 2.47. The Bertz CT molecular complexity index is 941. The van der Waals surface area contributed by atoms with Crippen LogP contribution < -0.4 is 11.1 Å². The normalized spacial score (nSPS) is 11.6. The Morgan fingerprint density at radius 2 is 1.91 bits per heavy atom. The minimum Gasteiger partial charge on any atom is -0.408 e. The molecule has 0 unspecified atom stereocenters. The molecule has 2 N–H and O–H groups in total. The van der Waals surface area contributed by atoms with Gasteiger partial charge < -0.3 is 9.73 Å². The summed E-state index contributed by atoms with van der Waals surface area (Å²) in [7, 11) is 0. The maximum atomic E-state index is 12.7. The lowest BCUT2D eigenvalue weighted by atomic mass is 10.1. The number of fused-ring (bicyclic) bond motifs is 1. The van der Waals surface area contributed by atoms with E-state index in [0.717, 1.165) is 18.2 Å². The van der Waals surface area contributed by atoms with E-state index in [2.05, 4.69) is 10.3 Å². The standard InChI is InChI=1S/C15H9F3N2O3/c16-15(17,18)9-3-1-2-8(6-9)13(21)19-10-4-5-12-11(7-10)20-14(22)23-12/h1-7H,(H,19,21)(H,20,22). The third-order valence-electron chi connectivity index (χ3n) is 3.13. The van der Waals surface area contributed by atoms with Crippen LogP contribution in [0.4, 0.5) is 18.9 Å². The van der Waals surface area contributed by atoms with E-state index in [1.807, 2.05) is 0 Å². The number of hydrogen-bond acceptors (Lipinski definition) is 3. The number of hydrogen-bond donors (Lipinski definition) is 2. The van der Waals surface area contributed by atoms with Gasteiger partial charge in [-0.2, -0.15) is 13.2 Å². The van der Waals surface area contributed by atoms with Gasteiger partial charge in [-0.15, -0.1) is 0 Å². The van der Waals surface area contributed by atoms with Crippen molar-refractivity contribution in [2.24, 2.45) is 0 Å². The van der Waals surface area contributed by atoms with Crippen molar-refractivity contribution in [2.75, 3.05) is 5.32 Å². The molecule has 118 valence electrons. The predicted molar refractivity (Wildman–Crippen MR) is 76.2 cm³/mol. The number of anilines is 1. The van der Waals surface area contributed by atoms with Crippen LogP contribution in [0.2, 0.25) is 0 Å². The van der Waals surface area contributed by atoms with Crippen LogP contribution in [0.3, 0.4) is 0 Å². The Kier molecular flexibility index (Phi) is 3.44. The lowest BCUT2D eigenvalue weighted by Crippen LogP contribution is -2.13. The molecule has 5 nitrogen and oxygen atoms in total. The number of amides is 1. The lowest BCUT2D eigenvalue weighted by molar-refractivity contribution is -0.137. The molecule has 1 heterocycles. The number of rotatable bonds is 2. The highest BCUT2D eigenvalue weighted by Gasteiger charge is 2.30. The first-order valence-electron chi connectivity index (χ1n) is 6.44. The minimum absolute atomic E-state index is 0.124. The zero-order valence-electron chi connectivity index (χ0n) is 11.4. The number of H-pyrrole nitrogens is 1. The summed E-state index contributed by atoms with van der Waals surface area (Å²) in [6.45, 7) is 0. The van der Waals surface area contributed by atoms with Gasteiger partial charge in [0.1, 0.15) is 0 Å². The minimum atomic E-state index is -4.52. The van der Waals surface area contributed by atoms with Gasteiger partial charge in [0.15, 0.2) is 5.58 Å². The molecule has 0 radical (unpaired) electrons. The molecular formula is C15H9F3N2O3. The second-order valence-corrected chi connectivity index (χ2v) is 4.76. The first kappa shape index (κ1) is 14.9. The van der Waals surface area contributed by atoms with Crippen molar-refractivity contribution in [3.05, 3.63) is 64.1 Å². The number of carbonyl (C=O) groups excluding carboxylic acids is 1. The van der Waals surface area contributed by atoms with Crippen LogP contribution in [-0.2, 0) is 6.18 Å². The van der Waals surface area contributed by atoms with Gasteiger partial charge in [0.05, 0.1) is 11.1 Å². The van der Waals surface area contributed by atoms with Crippen molar-refractivity contribution in [1.29, 1.82) is 0 Å². The number of oxazole rings is 1. The molecule has 0 fully saturated rings. The van der Waals surface area contributed by atoms with E-state index in [1.54, 1.807) is 0 Å². The molecule has 0 aliphatic carbocycles. The van der Waals surface area contributed by atoms with Gasteiger partial charge in [-0.1, -0.05) is 6.07 Å². The molecule has 23 heavy (non-hydrogen) atoms. The van der Waals surface area contributed by atoms with Crippen LogP contribution in [0.5, 0.6) is 0 Å². The Morgan fingerprint density at radius 3 is 2.65 bits per heavy atom. The Labute approximate surface area is 126 Å². The SMILES string of the molecule is O=C(Nc1ccc2oc(=O)[nH]c2c1)c1cccc(C(F)(F)F)c1. The fourth-order valence-electron chi connectivity index (χ4n) is 2.07. The summed E-state index contributed by atoms with van der Waals surface area (Å²) < 4.78 is 42.8. The van der Waals surface area contributed by atoms with Crippen molar-refractivity contribution in [1.82, 2.24) is 4.98 Å². The average molecular weight is 322 g/mol. The van der Waals surface area contributed by atoms with E-state index in [9.17, 15) is 22.8 Å². The maximum Gasteiger partial charge on any atom is 0.417 e. The summed E-state index contributed by atoms with van der Waals surface area (Å²) in [4.78, 5) is 25.5. The number of halogens is 3. The first-order chi connectivity index (χ1) is 10.8. The Morgan fingerprint density at radius 1 is 1.13 bits per heavy atom. The van der Waals surface area contributed by atoms with E-state index in [4.69, 9.17) is 4.42 Å². The molecule has 0 bridgehead atoms. The third kappa shape index (κ3) is 3.10. The highest BCUT2D eigenvalue weighted by molar-refractivity contribution is 6.05. The van der Waals surface area contributed by atoms with E-state index in [-0.39, 0.29) is 5.56 Å². The molecule has 0 saturated heterocycles. The van der Waals surface area contributed by atoms with Gasteiger partial charge >= 0.3 is 11.9 Å². The number of carbonyl (C=O) groups is 1. The van der Waals surface area contributed by atoms with Crippen LogP contribution in [-0.4, -0.2) is 10.9 Å². The first-order valence-corrected chi connectivity index (χ1v) is 6.44. The second kappa shape index (κ2) is 5.31. The number of aromatic nitrogens is 1. The van der Waals surface area contributed by atoms with Crippen LogP contribution >= 0.6 is 0 Å². The summed E-state index contributed by atoms with van der Waals surface area (Å²) >= 11 is 0. The molecule has 0 aliphatic heterocycles. The quantitative estimate of drug-likeness (QED) is 0.759. The van der Waals surface area contributed by atoms with E-state index >= 15 is 0 Å². The summed E-state index contributed by atoms with van der Waals surface area (Å²) in [6.07, 6.45) is -4.52. The molecule has 3 aromatic rings. The van der Waals surface area contributed by atoms with Gasteiger partial charge in [0, 0.05) is 11.3 Å². The predicted octanol–water partition coefficient (Wildman–Crippen LogP) is 3.39. The summed E-state index contributed by atoms with van der Waals surface area (Å²) in [5.74, 6) is -1.33. The smallest absolute Gasteiger partial charge is 0.408 e. The second-order valence-electron chi connectivity index (χ2n) is 4.76. The average Bonchev–Trinajstić information content (AvgIpc) is 2.86. The molecular weight excluding hydrogens is 313 g/mol. The molecule has 3 rings (SSSR count). The van der Waals surface area contributed by atoms with Gasteiger partial charge in [0.25, 0.3) is 5.91 Å². The van der Waals surface area contributed by atoms with Crippen molar-refractivity contribution in [3.63, 3.8) is 0 Å². The van der Waals surface area contributed by atoms with E-state index < -0.39 is 23.4 Å². The summed E-state index contributed by atoms with van der Waals surface area (Å²) in [6, 6.07) is 8.50. The zero-order valence-corrected chi connectivity index (χ0v) is 11.4. The number of benzene rings is 2. The number of aromatic amines is 1. The van der Waals surface area contributed by atoms with Crippen LogP contribution in [0, 0.1) is 0 Å². The highest BCUT2D eigenvalue weighted by atomic mass is 19.4. The van der Waals surface area contributed by atoms with Crippen molar-refractivity contribution >= 4 is 22.7 Å². The molecule has 0 spiro atoms. The lowest BCUT2D eigenvalue weighted by Gasteiger charge is -2.09. The summed E-state index contributed by atoms with van der Waals surface area (Å²) in [5.41, 5.74) is -0.0266. The Hall–Kier alpha value is -3.03. The fourth-order valence-corrected chi connectivity index (χ4v) is 2.07. The molecule has 8 heteroatoms. The van der Waals surface area contributed by atoms with Gasteiger partial charge in [-0.25, -0.2) is 4.79 Å². The monoisotopic (exact) mass is 322 g/mol. The van der Waals surface area contributed by atoms with Crippen molar-refractivity contribution < 1.29 is 22.4 Å². The number of nitrogens with one attached hydrogen (secondary N) is 2. The Balaban J connectivity index is 1.86. The van der Waals surface area contributed by atoms with Gasteiger partial charge in [-0.3, -0.25) is 9.78 Å². The fraction of sp³-hybridized carbons (Fsp3) is 0.0667. The molecule has 1 aromatic heterocycles. The van der Waals surface area contributed by atoms with Crippen LogP contribution in [0.1, 0.15) is 15.9 Å². The van der Waals surface area contributed by atoms with Crippen molar-refractivity contribution in [2.45, 2.75) is 6.18 Å². The van der Waals surface area contributed by atoms with Gasteiger partial charge in [-0.05, 0) is 36.4 Å².